The molecular formula is C13H13N3O2S. The van der Waals surface area contributed by atoms with E-state index in [0.29, 0.717) is 18.0 Å². The second kappa shape index (κ2) is 6.27. The number of fused-ring (bicyclic) bond motifs is 1. The Kier molecular flexibility index (Phi) is 4.44. The fraction of sp³-hybridized carbons (Fsp3) is 0.231. The summed E-state index contributed by atoms with van der Waals surface area (Å²) in [4.78, 5) is 23.9. The van der Waals surface area contributed by atoms with E-state index in [4.69, 9.17) is 6.42 Å². The lowest BCUT2D eigenvalue weighted by molar-refractivity contribution is -0.115. The Labute approximate surface area is 115 Å². The number of carbonyl (C=O) groups is 2. The Hall–Kier alpha value is -1.97. The summed E-state index contributed by atoms with van der Waals surface area (Å²) in [6.45, 7) is 0.507. The van der Waals surface area contributed by atoms with Gasteiger partial charge in [-0.05, 0) is 18.2 Å². The molecule has 0 radical (unpaired) electrons. The van der Waals surface area contributed by atoms with E-state index in [9.17, 15) is 9.59 Å². The van der Waals surface area contributed by atoms with Gasteiger partial charge in [0.15, 0.2) is 0 Å². The standard InChI is InChI=1S/C13H13N3O2S/c1-2-5-14-7-12(17)15-9-3-4-11-10(6-9)16-13(18)8-19-11/h1,3-4,6,14H,5,7-8H2,(H,15,17)(H,16,18). The third-order valence-electron chi connectivity index (χ3n) is 2.41. The zero-order valence-electron chi connectivity index (χ0n) is 10.2. The van der Waals surface area contributed by atoms with E-state index in [1.165, 1.54) is 11.8 Å². The molecular weight excluding hydrogens is 262 g/mol. The number of carbonyl (C=O) groups excluding carboxylic acids is 2. The minimum atomic E-state index is -0.176. The van der Waals surface area contributed by atoms with Gasteiger partial charge in [0.1, 0.15) is 0 Å². The molecule has 0 unspecified atom stereocenters. The molecule has 19 heavy (non-hydrogen) atoms. The molecule has 1 aromatic carbocycles. The summed E-state index contributed by atoms with van der Waals surface area (Å²) in [7, 11) is 0. The summed E-state index contributed by atoms with van der Waals surface area (Å²) in [6.07, 6.45) is 5.07. The fourth-order valence-electron chi connectivity index (χ4n) is 1.61. The van der Waals surface area contributed by atoms with Crippen LogP contribution in [0.15, 0.2) is 23.1 Å². The second-order valence-electron chi connectivity index (χ2n) is 3.90. The summed E-state index contributed by atoms with van der Waals surface area (Å²) < 4.78 is 0. The number of hydrogen-bond acceptors (Lipinski definition) is 4. The molecule has 1 aromatic rings. The Bertz CT molecular complexity index is 551. The summed E-state index contributed by atoms with van der Waals surface area (Å²) >= 11 is 1.48. The van der Waals surface area contributed by atoms with E-state index in [1.807, 2.05) is 12.1 Å². The van der Waals surface area contributed by atoms with E-state index in [2.05, 4.69) is 21.9 Å². The largest absolute Gasteiger partial charge is 0.325 e. The molecule has 3 N–H and O–H groups in total. The van der Waals surface area contributed by atoms with Crippen LogP contribution in [0.1, 0.15) is 0 Å². The van der Waals surface area contributed by atoms with Crippen molar-refractivity contribution in [3.8, 4) is 12.3 Å². The number of hydrogen-bond donors (Lipinski definition) is 3. The summed E-state index contributed by atoms with van der Waals surface area (Å²) in [5.74, 6) is 2.61. The summed E-state index contributed by atoms with van der Waals surface area (Å²) in [6, 6.07) is 5.44. The SMILES string of the molecule is C#CCNCC(=O)Nc1ccc2c(c1)NC(=O)CS2. The molecule has 0 atom stereocenters. The molecule has 1 heterocycles. The highest BCUT2D eigenvalue weighted by molar-refractivity contribution is 8.00. The smallest absolute Gasteiger partial charge is 0.238 e. The van der Waals surface area contributed by atoms with Gasteiger partial charge in [0.05, 0.1) is 24.5 Å². The van der Waals surface area contributed by atoms with Crippen molar-refractivity contribution < 1.29 is 9.59 Å². The molecule has 0 saturated heterocycles. The molecule has 98 valence electrons. The molecule has 0 bridgehead atoms. The number of nitrogens with one attached hydrogen (secondary N) is 3. The number of terminal acetylenes is 1. The molecule has 1 aliphatic rings. The van der Waals surface area contributed by atoms with Gasteiger partial charge in [-0.15, -0.1) is 18.2 Å². The van der Waals surface area contributed by atoms with Gasteiger partial charge in [0.25, 0.3) is 0 Å². The van der Waals surface area contributed by atoms with Crippen LogP contribution in [0, 0.1) is 12.3 Å². The van der Waals surface area contributed by atoms with E-state index >= 15 is 0 Å². The van der Waals surface area contributed by atoms with Crippen LogP contribution in [0.25, 0.3) is 0 Å². The average molecular weight is 275 g/mol. The maximum Gasteiger partial charge on any atom is 0.238 e. The Balaban J connectivity index is 1.98. The molecule has 0 aliphatic carbocycles. The van der Waals surface area contributed by atoms with Gasteiger partial charge in [-0.25, -0.2) is 0 Å². The third kappa shape index (κ3) is 3.74. The van der Waals surface area contributed by atoms with Crippen molar-refractivity contribution in [2.75, 3.05) is 29.5 Å². The first-order valence-corrected chi connectivity index (χ1v) is 6.68. The van der Waals surface area contributed by atoms with Gasteiger partial charge in [-0.2, -0.15) is 0 Å². The van der Waals surface area contributed by atoms with E-state index in [1.54, 1.807) is 6.07 Å². The molecule has 0 fully saturated rings. The monoisotopic (exact) mass is 275 g/mol. The lowest BCUT2D eigenvalue weighted by atomic mass is 10.2. The van der Waals surface area contributed by atoms with Crippen molar-refractivity contribution in [3.63, 3.8) is 0 Å². The number of thioether (sulfide) groups is 1. The van der Waals surface area contributed by atoms with Crippen LogP contribution < -0.4 is 16.0 Å². The number of anilines is 2. The Morgan fingerprint density at radius 3 is 3.16 bits per heavy atom. The highest BCUT2D eigenvalue weighted by Gasteiger charge is 2.15. The van der Waals surface area contributed by atoms with Crippen LogP contribution in [-0.4, -0.2) is 30.7 Å². The molecule has 0 aromatic heterocycles. The van der Waals surface area contributed by atoms with Crippen molar-refractivity contribution >= 4 is 35.0 Å². The maximum absolute atomic E-state index is 11.6. The number of rotatable bonds is 4. The molecule has 2 rings (SSSR count). The topological polar surface area (TPSA) is 70.2 Å². The third-order valence-corrected chi connectivity index (χ3v) is 3.48. The lowest BCUT2D eigenvalue weighted by Crippen LogP contribution is -2.28. The van der Waals surface area contributed by atoms with Crippen molar-refractivity contribution in [3.05, 3.63) is 18.2 Å². The summed E-state index contributed by atoms with van der Waals surface area (Å²) in [5.41, 5.74) is 1.38. The van der Waals surface area contributed by atoms with E-state index < -0.39 is 0 Å². The van der Waals surface area contributed by atoms with Crippen molar-refractivity contribution in [2.24, 2.45) is 0 Å². The van der Waals surface area contributed by atoms with Crippen molar-refractivity contribution in [1.29, 1.82) is 0 Å². The molecule has 0 spiro atoms. The molecule has 5 nitrogen and oxygen atoms in total. The second-order valence-corrected chi connectivity index (χ2v) is 4.92. The van der Waals surface area contributed by atoms with Crippen LogP contribution >= 0.6 is 11.8 Å². The minimum absolute atomic E-state index is 0.0309. The molecule has 0 saturated carbocycles. The highest BCUT2D eigenvalue weighted by Crippen LogP contribution is 2.33. The quantitative estimate of drug-likeness (QED) is 0.564. The zero-order chi connectivity index (χ0) is 13.7. The minimum Gasteiger partial charge on any atom is -0.325 e. The van der Waals surface area contributed by atoms with Gasteiger partial charge in [0.2, 0.25) is 11.8 Å². The van der Waals surface area contributed by atoms with Crippen molar-refractivity contribution in [2.45, 2.75) is 4.90 Å². The van der Waals surface area contributed by atoms with Gasteiger partial charge >= 0.3 is 0 Å². The first kappa shape index (κ1) is 13.5. The Morgan fingerprint density at radius 1 is 1.53 bits per heavy atom. The van der Waals surface area contributed by atoms with Gasteiger partial charge in [-0.1, -0.05) is 5.92 Å². The van der Waals surface area contributed by atoms with E-state index in [0.717, 1.165) is 10.6 Å². The number of amides is 2. The molecule has 6 heteroatoms. The van der Waals surface area contributed by atoms with Gasteiger partial charge in [0, 0.05) is 10.6 Å². The van der Waals surface area contributed by atoms with Crippen LogP contribution in [0.4, 0.5) is 11.4 Å². The zero-order valence-corrected chi connectivity index (χ0v) is 11.0. The first-order valence-electron chi connectivity index (χ1n) is 5.70. The van der Waals surface area contributed by atoms with Crippen LogP contribution in [0.2, 0.25) is 0 Å². The van der Waals surface area contributed by atoms with E-state index in [-0.39, 0.29) is 18.4 Å². The maximum atomic E-state index is 11.6. The van der Waals surface area contributed by atoms with Gasteiger partial charge in [-0.3, -0.25) is 14.9 Å². The average Bonchev–Trinajstić information content (AvgIpc) is 2.38. The first-order chi connectivity index (χ1) is 9.19. The van der Waals surface area contributed by atoms with Crippen LogP contribution in [0.3, 0.4) is 0 Å². The predicted octanol–water partition coefficient (Wildman–Crippen LogP) is 0.892. The molecule has 1 aliphatic heterocycles. The lowest BCUT2D eigenvalue weighted by Gasteiger charge is -2.17. The van der Waals surface area contributed by atoms with Crippen LogP contribution in [-0.2, 0) is 9.59 Å². The normalized spacial score (nSPS) is 13.1. The molecule has 2 amide bonds. The Morgan fingerprint density at radius 2 is 2.37 bits per heavy atom. The predicted molar refractivity (Wildman–Crippen MR) is 76.1 cm³/mol. The summed E-state index contributed by atoms with van der Waals surface area (Å²) in [5, 5.41) is 8.31. The fourth-order valence-corrected chi connectivity index (χ4v) is 2.40. The number of benzene rings is 1. The van der Waals surface area contributed by atoms with Gasteiger partial charge < -0.3 is 10.6 Å². The van der Waals surface area contributed by atoms with Crippen molar-refractivity contribution in [1.82, 2.24) is 5.32 Å². The van der Waals surface area contributed by atoms with Crippen LogP contribution in [0.5, 0.6) is 0 Å². The highest BCUT2D eigenvalue weighted by atomic mass is 32.2.